The Labute approximate surface area is 166 Å². The van der Waals surface area contributed by atoms with Crippen LogP contribution in [0.1, 0.15) is 11.1 Å². The van der Waals surface area contributed by atoms with Gasteiger partial charge in [0.2, 0.25) is 20.0 Å². The van der Waals surface area contributed by atoms with Crippen LogP contribution in [0.15, 0.2) is 60.7 Å². The lowest BCUT2D eigenvalue weighted by molar-refractivity contribution is 0.103. The normalized spacial score (nSPS) is 15.7. The molecule has 154 valence electrons. The van der Waals surface area contributed by atoms with Crippen LogP contribution in [0.5, 0.6) is 0 Å². The second-order valence-electron chi connectivity index (χ2n) is 6.86. The van der Waals surface area contributed by atoms with Crippen LogP contribution in [0, 0.1) is 0 Å². The largest absolute Gasteiger partial charge is 0.390 e. The number of benzene rings is 2. The molecule has 2 unspecified atom stereocenters. The zero-order valence-corrected chi connectivity index (χ0v) is 17.4. The van der Waals surface area contributed by atoms with E-state index in [0.717, 1.165) is 23.6 Å². The van der Waals surface area contributed by atoms with Crippen LogP contribution < -0.4 is 9.44 Å². The van der Waals surface area contributed by atoms with Gasteiger partial charge in [0.15, 0.2) is 0 Å². The lowest BCUT2D eigenvalue weighted by Gasteiger charge is -2.30. The first kappa shape index (κ1) is 22.5. The Kier molecular flexibility index (Phi) is 7.73. The second-order valence-corrected chi connectivity index (χ2v) is 10.4. The molecule has 0 aliphatic carbocycles. The molecule has 28 heavy (non-hydrogen) atoms. The monoisotopic (exact) mass is 426 g/mol. The van der Waals surface area contributed by atoms with E-state index in [2.05, 4.69) is 9.44 Å². The lowest BCUT2D eigenvalue weighted by atomic mass is 9.94. The van der Waals surface area contributed by atoms with E-state index in [1.807, 2.05) is 60.7 Å². The van der Waals surface area contributed by atoms with Crippen molar-refractivity contribution in [2.75, 3.05) is 12.5 Å². The van der Waals surface area contributed by atoms with E-state index in [4.69, 9.17) is 0 Å². The van der Waals surface area contributed by atoms with Crippen molar-refractivity contribution in [2.45, 2.75) is 31.0 Å². The van der Waals surface area contributed by atoms with E-state index in [0.29, 0.717) is 0 Å². The summed E-state index contributed by atoms with van der Waals surface area (Å²) in [6.07, 6.45) is 1.16. The molecule has 0 saturated carbocycles. The fourth-order valence-corrected chi connectivity index (χ4v) is 4.58. The highest BCUT2D eigenvalue weighted by atomic mass is 32.2. The SMILES string of the molecule is CS(=O)(=O)NC(Cc1ccccc1)C(O)C(Cc1ccccc1)NS(C)(=O)=O. The Balaban J connectivity index is 2.32. The molecule has 0 amide bonds. The topological polar surface area (TPSA) is 113 Å². The van der Waals surface area contributed by atoms with Gasteiger partial charge in [-0.3, -0.25) is 0 Å². The Bertz CT molecular complexity index is 869. The lowest BCUT2D eigenvalue weighted by Crippen LogP contribution is -2.55. The highest BCUT2D eigenvalue weighted by Gasteiger charge is 2.32. The number of hydrogen-bond acceptors (Lipinski definition) is 5. The molecular weight excluding hydrogens is 400 g/mol. The summed E-state index contributed by atoms with van der Waals surface area (Å²) in [4.78, 5) is 0. The van der Waals surface area contributed by atoms with Crippen LogP contribution in [-0.2, 0) is 32.9 Å². The van der Waals surface area contributed by atoms with Gasteiger partial charge in [-0.1, -0.05) is 60.7 Å². The van der Waals surface area contributed by atoms with Gasteiger partial charge >= 0.3 is 0 Å². The molecule has 0 aliphatic heterocycles. The predicted octanol–water partition coefficient (Wildman–Crippen LogP) is 0.668. The zero-order valence-electron chi connectivity index (χ0n) is 15.8. The summed E-state index contributed by atoms with van der Waals surface area (Å²) >= 11 is 0. The third-order valence-corrected chi connectivity index (χ3v) is 5.61. The summed E-state index contributed by atoms with van der Waals surface area (Å²) in [5.41, 5.74) is 1.64. The minimum Gasteiger partial charge on any atom is -0.390 e. The minimum absolute atomic E-state index is 0.214. The van der Waals surface area contributed by atoms with Gasteiger partial charge in [0.1, 0.15) is 0 Å². The van der Waals surface area contributed by atoms with E-state index in [9.17, 15) is 21.9 Å². The van der Waals surface area contributed by atoms with Crippen LogP contribution >= 0.6 is 0 Å². The van der Waals surface area contributed by atoms with E-state index < -0.39 is 38.2 Å². The molecule has 0 aromatic heterocycles. The maximum absolute atomic E-state index is 11.8. The average Bonchev–Trinajstić information content (AvgIpc) is 2.59. The average molecular weight is 427 g/mol. The van der Waals surface area contributed by atoms with Crippen LogP contribution in [0.4, 0.5) is 0 Å². The van der Waals surface area contributed by atoms with E-state index in [1.54, 1.807) is 0 Å². The first-order valence-corrected chi connectivity index (χ1v) is 12.5. The highest BCUT2D eigenvalue weighted by molar-refractivity contribution is 7.89. The number of nitrogens with one attached hydrogen (secondary N) is 2. The Hall–Kier alpha value is -1.78. The first-order chi connectivity index (χ1) is 13.0. The fraction of sp³-hybridized carbons (Fsp3) is 0.368. The molecule has 0 saturated heterocycles. The molecule has 2 rings (SSSR count). The van der Waals surface area contributed by atoms with Crippen molar-refractivity contribution < 1.29 is 21.9 Å². The van der Waals surface area contributed by atoms with Crippen LogP contribution in [0.3, 0.4) is 0 Å². The van der Waals surface area contributed by atoms with Crippen molar-refractivity contribution in [3.05, 3.63) is 71.8 Å². The van der Waals surface area contributed by atoms with Crippen molar-refractivity contribution in [3.63, 3.8) is 0 Å². The maximum Gasteiger partial charge on any atom is 0.209 e. The molecule has 0 heterocycles. The van der Waals surface area contributed by atoms with E-state index in [1.165, 1.54) is 0 Å². The number of aliphatic hydroxyl groups excluding tert-OH is 1. The van der Waals surface area contributed by atoms with Gasteiger partial charge in [-0.2, -0.15) is 0 Å². The quantitative estimate of drug-likeness (QED) is 0.517. The summed E-state index contributed by atoms with van der Waals surface area (Å²) in [7, 11) is -7.25. The molecule has 7 nitrogen and oxygen atoms in total. The Morgan fingerprint density at radius 3 is 1.32 bits per heavy atom. The Morgan fingerprint density at radius 1 is 0.714 bits per heavy atom. The van der Waals surface area contributed by atoms with Crippen molar-refractivity contribution in [1.82, 2.24) is 9.44 Å². The number of hydrogen-bond donors (Lipinski definition) is 3. The van der Waals surface area contributed by atoms with Crippen LogP contribution in [0.2, 0.25) is 0 Å². The van der Waals surface area contributed by atoms with Gasteiger partial charge in [0.25, 0.3) is 0 Å². The molecule has 0 spiro atoms. The number of aliphatic hydroxyl groups is 1. The molecule has 0 radical (unpaired) electrons. The van der Waals surface area contributed by atoms with Gasteiger partial charge < -0.3 is 5.11 Å². The summed E-state index contributed by atoms with van der Waals surface area (Å²) in [5, 5.41) is 11.0. The molecular formula is C19H26N2O5S2. The van der Waals surface area contributed by atoms with Gasteiger partial charge in [-0.15, -0.1) is 0 Å². The summed E-state index contributed by atoms with van der Waals surface area (Å²) in [5.74, 6) is 0. The third-order valence-electron chi connectivity index (χ3n) is 4.15. The van der Waals surface area contributed by atoms with E-state index in [-0.39, 0.29) is 12.8 Å². The summed E-state index contributed by atoms with van der Waals surface area (Å²) in [6.45, 7) is 0. The first-order valence-electron chi connectivity index (χ1n) is 8.74. The van der Waals surface area contributed by atoms with Crippen molar-refractivity contribution in [2.24, 2.45) is 0 Å². The van der Waals surface area contributed by atoms with Crippen LogP contribution in [0.25, 0.3) is 0 Å². The second kappa shape index (κ2) is 9.62. The van der Waals surface area contributed by atoms with Gasteiger partial charge in [0.05, 0.1) is 30.7 Å². The summed E-state index contributed by atoms with van der Waals surface area (Å²) in [6, 6.07) is 16.4. The molecule has 9 heteroatoms. The van der Waals surface area contributed by atoms with E-state index >= 15 is 0 Å². The minimum atomic E-state index is -3.63. The van der Waals surface area contributed by atoms with Crippen LogP contribution in [-0.4, -0.2) is 52.6 Å². The zero-order chi connectivity index (χ0) is 20.8. The standard InChI is InChI=1S/C19H26N2O5S2/c1-27(23,24)20-17(13-15-9-5-3-6-10-15)19(22)18(21-28(2,25)26)14-16-11-7-4-8-12-16/h3-12,17-22H,13-14H2,1-2H3. The van der Waals surface area contributed by atoms with Gasteiger partial charge in [-0.05, 0) is 24.0 Å². The molecule has 0 bridgehead atoms. The predicted molar refractivity (Wildman–Crippen MR) is 110 cm³/mol. The maximum atomic E-state index is 11.8. The van der Waals surface area contributed by atoms with Crippen molar-refractivity contribution in [3.8, 4) is 0 Å². The highest BCUT2D eigenvalue weighted by Crippen LogP contribution is 2.14. The molecule has 0 fully saturated rings. The van der Waals surface area contributed by atoms with Gasteiger partial charge in [-0.25, -0.2) is 26.3 Å². The number of sulfonamides is 2. The summed E-state index contributed by atoms with van der Waals surface area (Å²) < 4.78 is 52.3. The van der Waals surface area contributed by atoms with Crippen molar-refractivity contribution in [1.29, 1.82) is 0 Å². The molecule has 2 aromatic rings. The molecule has 2 atom stereocenters. The smallest absolute Gasteiger partial charge is 0.209 e. The Morgan fingerprint density at radius 2 is 1.04 bits per heavy atom. The number of rotatable bonds is 10. The fourth-order valence-electron chi connectivity index (χ4n) is 3.03. The molecule has 2 aromatic carbocycles. The van der Waals surface area contributed by atoms with Crippen molar-refractivity contribution >= 4 is 20.0 Å². The third kappa shape index (κ3) is 8.07. The molecule has 0 aliphatic rings. The molecule has 3 N–H and O–H groups in total. The van der Waals surface area contributed by atoms with Gasteiger partial charge in [0, 0.05) is 0 Å².